The standard InChI is InChI=1S/C30H30N4O6/c1-19(2)33(29(36)21-10-12-25-27(14-21)40-18-39-25)17-28(35)32-30-31-23(20-8-6-5-7-9-20)16-34(30)22-11-13-24(37-3)26(15-22)38-4/h5-16,19H,17-18H2,1-4H3,(H,31,32,35). The molecule has 0 unspecified atom stereocenters. The van der Waals surface area contributed by atoms with E-state index < -0.39 is 5.91 Å². The molecule has 1 aliphatic heterocycles. The Bertz CT molecular complexity index is 1530. The minimum absolute atomic E-state index is 0.112. The van der Waals surface area contributed by atoms with Crippen LogP contribution in [0, 0.1) is 0 Å². The number of carbonyl (C=O) groups excluding carboxylic acids is 2. The molecule has 0 fully saturated rings. The van der Waals surface area contributed by atoms with Gasteiger partial charge >= 0.3 is 0 Å². The van der Waals surface area contributed by atoms with E-state index in [2.05, 4.69) is 5.32 Å². The number of aromatic nitrogens is 2. The number of anilines is 1. The van der Waals surface area contributed by atoms with Crippen LogP contribution in [0.3, 0.4) is 0 Å². The molecule has 0 atom stereocenters. The average Bonchev–Trinajstić information content (AvgIpc) is 3.62. The highest BCUT2D eigenvalue weighted by atomic mass is 16.7. The Labute approximate surface area is 232 Å². The largest absolute Gasteiger partial charge is 0.493 e. The number of hydrogen-bond acceptors (Lipinski definition) is 7. The lowest BCUT2D eigenvalue weighted by molar-refractivity contribution is -0.117. The Morgan fingerprint density at radius 2 is 1.73 bits per heavy atom. The van der Waals surface area contributed by atoms with E-state index in [4.69, 9.17) is 23.9 Å². The maximum absolute atomic E-state index is 13.4. The number of ether oxygens (including phenoxy) is 4. The molecule has 5 rings (SSSR count). The number of methoxy groups -OCH3 is 2. The lowest BCUT2D eigenvalue weighted by Gasteiger charge is -2.26. The van der Waals surface area contributed by atoms with Gasteiger partial charge in [-0.3, -0.25) is 19.5 Å². The highest BCUT2D eigenvalue weighted by Gasteiger charge is 2.25. The van der Waals surface area contributed by atoms with Gasteiger partial charge in [0.2, 0.25) is 18.6 Å². The lowest BCUT2D eigenvalue weighted by atomic mass is 10.1. The van der Waals surface area contributed by atoms with Crippen LogP contribution in [0.25, 0.3) is 16.9 Å². The van der Waals surface area contributed by atoms with Crippen LogP contribution >= 0.6 is 0 Å². The molecule has 0 radical (unpaired) electrons. The summed E-state index contributed by atoms with van der Waals surface area (Å²) in [5.41, 5.74) is 2.67. The molecule has 0 spiro atoms. The molecule has 1 aromatic heterocycles. The van der Waals surface area contributed by atoms with Crippen LogP contribution in [0.2, 0.25) is 0 Å². The van der Waals surface area contributed by atoms with Crippen LogP contribution < -0.4 is 24.3 Å². The molecule has 206 valence electrons. The number of carbonyl (C=O) groups is 2. The quantitative estimate of drug-likeness (QED) is 0.325. The van der Waals surface area contributed by atoms with Gasteiger partial charge in [-0.2, -0.15) is 0 Å². The summed E-state index contributed by atoms with van der Waals surface area (Å²) >= 11 is 0. The Hall–Kier alpha value is -4.99. The SMILES string of the molecule is COc1ccc(-n2cc(-c3ccccc3)nc2NC(=O)CN(C(=O)c2ccc3c(c2)OCO3)C(C)C)cc1OC. The predicted molar refractivity (Wildman–Crippen MR) is 149 cm³/mol. The smallest absolute Gasteiger partial charge is 0.254 e. The minimum Gasteiger partial charge on any atom is -0.493 e. The van der Waals surface area contributed by atoms with Crippen molar-refractivity contribution in [3.05, 3.63) is 78.5 Å². The fourth-order valence-electron chi connectivity index (χ4n) is 4.39. The molecule has 2 amide bonds. The molecule has 0 saturated carbocycles. The molecule has 0 bridgehead atoms. The number of amides is 2. The van der Waals surface area contributed by atoms with Crippen molar-refractivity contribution in [1.29, 1.82) is 0 Å². The second-order valence-electron chi connectivity index (χ2n) is 9.37. The van der Waals surface area contributed by atoms with Crippen molar-refractivity contribution in [2.24, 2.45) is 0 Å². The summed E-state index contributed by atoms with van der Waals surface area (Å²) in [5.74, 6) is 1.81. The number of benzene rings is 3. The summed E-state index contributed by atoms with van der Waals surface area (Å²) < 4.78 is 23.4. The van der Waals surface area contributed by atoms with E-state index in [0.717, 1.165) is 5.56 Å². The number of rotatable bonds is 9. The van der Waals surface area contributed by atoms with Gasteiger partial charge in [-0.25, -0.2) is 4.98 Å². The van der Waals surface area contributed by atoms with Crippen molar-refractivity contribution < 1.29 is 28.5 Å². The monoisotopic (exact) mass is 542 g/mol. The van der Waals surface area contributed by atoms with Crippen molar-refractivity contribution in [3.63, 3.8) is 0 Å². The molecule has 3 aromatic carbocycles. The van der Waals surface area contributed by atoms with Gasteiger partial charge < -0.3 is 23.8 Å². The Morgan fingerprint density at radius 1 is 0.975 bits per heavy atom. The zero-order chi connectivity index (χ0) is 28.2. The first-order chi connectivity index (χ1) is 19.4. The van der Waals surface area contributed by atoms with Crippen molar-refractivity contribution in [1.82, 2.24) is 14.5 Å². The molecule has 10 nitrogen and oxygen atoms in total. The van der Waals surface area contributed by atoms with Crippen molar-refractivity contribution in [2.75, 3.05) is 32.9 Å². The van der Waals surface area contributed by atoms with Crippen LogP contribution in [0.4, 0.5) is 5.95 Å². The number of imidazole rings is 1. The maximum atomic E-state index is 13.4. The van der Waals surface area contributed by atoms with E-state index >= 15 is 0 Å². The number of nitrogens with one attached hydrogen (secondary N) is 1. The molecule has 40 heavy (non-hydrogen) atoms. The zero-order valence-corrected chi connectivity index (χ0v) is 22.7. The highest BCUT2D eigenvalue weighted by Crippen LogP contribution is 2.34. The van der Waals surface area contributed by atoms with Gasteiger partial charge in [0.05, 0.1) is 25.6 Å². The Morgan fingerprint density at radius 3 is 2.45 bits per heavy atom. The maximum Gasteiger partial charge on any atom is 0.254 e. The van der Waals surface area contributed by atoms with E-state index in [0.29, 0.717) is 45.9 Å². The molecule has 4 aromatic rings. The fourth-order valence-corrected chi connectivity index (χ4v) is 4.39. The predicted octanol–water partition coefficient (Wildman–Crippen LogP) is 4.77. The summed E-state index contributed by atoms with van der Waals surface area (Å²) in [6.07, 6.45) is 1.84. The normalized spacial score (nSPS) is 11.8. The summed E-state index contributed by atoms with van der Waals surface area (Å²) in [6.45, 7) is 3.65. The molecule has 2 heterocycles. The zero-order valence-electron chi connectivity index (χ0n) is 22.7. The third-order valence-corrected chi connectivity index (χ3v) is 6.49. The summed E-state index contributed by atoms with van der Waals surface area (Å²) in [7, 11) is 3.13. The van der Waals surface area contributed by atoms with E-state index in [1.165, 1.54) is 4.90 Å². The number of fused-ring (bicyclic) bond motifs is 1. The highest BCUT2D eigenvalue weighted by molar-refractivity contribution is 5.99. The minimum atomic E-state index is -0.394. The second-order valence-corrected chi connectivity index (χ2v) is 9.37. The summed E-state index contributed by atoms with van der Waals surface area (Å²) in [6, 6.07) is 19.8. The van der Waals surface area contributed by atoms with Gasteiger partial charge in [-0.1, -0.05) is 30.3 Å². The van der Waals surface area contributed by atoms with Gasteiger partial charge in [0.15, 0.2) is 23.0 Å². The lowest BCUT2D eigenvalue weighted by Crippen LogP contribution is -2.42. The number of nitrogens with zero attached hydrogens (tertiary/aromatic N) is 3. The third-order valence-electron chi connectivity index (χ3n) is 6.49. The molecular formula is C30H30N4O6. The number of hydrogen-bond donors (Lipinski definition) is 1. The van der Waals surface area contributed by atoms with Crippen LogP contribution in [-0.2, 0) is 4.79 Å². The van der Waals surface area contributed by atoms with E-state index in [1.54, 1.807) is 49.1 Å². The van der Waals surface area contributed by atoms with Crippen molar-refractivity contribution in [2.45, 2.75) is 19.9 Å². The summed E-state index contributed by atoms with van der Waals surface area (Å²) in [4.78, 5) is 33.0. The molecule has 0 aliphatic carbocycles. The third kappa shape index (κ3) is 5.42. The van der Waals surface area contributed by atoms with Gasteiger partial charge in [0.25, 0.3) is 5.91 Å². The second kappa shape index (κ2) is 11.4. The van der Waals surface area contributed by atoms with E-state index in [-0.39, 0.29) is 25.3 Å². The molecule has 1 N–H and O–H groups in total. The first-order valence-corrected chi connectivity index (χ1v) is 12.8. The van der Waals surface area contributed by atoms with Crippen molar-refractivity contribution in [3.8, 4) is 39.9 Å². The van der Waals surface area contributed by atoms with E-state index in [1.807, 2.05) is 56.4 Å². The first kappa shape index (κ1) is 26.6. The molecule has 0 saturated heterocycles. The van der Waals surface area contributed by atoms with Crippen molar-refractivity contribution >= 4 is 17.8 Å². The van der Waals surface area contributed by atoms with E-state index in [9.17, 15) is 9.59 Å². The van der Waals surface area contributed by atoms with Crippen LogP contribution in [-0.4, -0.2) is 59.9 Å². The van der Waals surface area contributed by atoms with Gasteiger partial charge in [-0.15, -0.1) is 0 Å². The van der Waals surface area contributed by atoms with Gasteiger partial charge in [0.1, 0.15) is 6.54 Å². The molecule has 10 heteroatoms. The van der Waals surface area contributed by atoms with Crippen LogP contribution in [0.1, 0.15) is 24.2 Å². The fraction of sp³-hybridized carbons (Fsp3) is 0.233. The Balaban J connectivity index is 1.43. The van der Waals surface area contributed by atoms with Gasteiger partial charge in [0, 0.05) is 29.4 Å². The first-order valence-electron chi connectivity index (χ1n) is 12.8. The van der Waals surface area contributed by atoms with Gasteiger partial charge in [-0.05, 0) is 44.2 Å². The van der Waals surface area contributed by atoms with Crippen LogP contribution in [0.15, 0.2) is 72.9 Å². The molecule has 1 aliphatic rings. The molecular weight excluding hydrogens is 512 g/mol. The topological polar surface area (TPSA) is 104 Å². The Kier molecular flexibility index (Phi) is 7.59. The average molecular weight is 543 g/mol. The summed E-state index contributed by atoms with van der Waals surface area (Å²) in [5, 5.41) is 2.90. The van der Waals surface area contributed by atoms with Crippen LogP contribution in [0.5, 0.6) is 23.0 Å².